The van der Waals surface area contributed by atoms with Gasteiger partial charge in [0.05, 0.1) is 16.7 Å². The van der Waals surface area contributed by atoms with Crippen molar-refractivity contribution in [2.24, 2.45) is 0 Å². The number of nitrogens with zero attached hydrogens (tertiary/aromatic N) is 3. The summed E-state index contributed by atoms with van der Waals surface area (Å²) in [5.74, 6) is -1.27. The Morgan fingerprint density at radius 3 is 2.78 bits per heavy atom. The van der Waals surface area contributed by atoms with Crippen LogP contribution >= 0.6 is 15.9 Å². The lowest BCUT2D eigenvalue weighted by atomic mass is 10.2. The Labute approximate surface area is 112 Å². The van der Waals surface area contributed by atoms with Gasteiger partial charge in [0.1, 0.15) is 5.69 Å². The van der Waals surface area contributed by atoms with Gasteiger partial charge in [0.15, 0.2) is 11.6 Å². The standard InChI is InChI=1S/C12H12BrF2N3/c1-3-8(13)10-6-18(17-16-10)12-9(14)5-4-7(2)11(12)15/h4-6,8H,3H2,1-2H3. The summed E-state index contributed by atoms with van der Waals surface area (Å²) in [5, 5.41) is 7.68. The Kier molecular flexibility index (Phi) is 3.75. The van der Waals surface area contributed by atoms with E-state index >= 15 is 0 Å². The zero-order valence-electron chi connectivity index (χ0n) is 9.99. The summed E-state index contributed by atoms with van der Waals surface area (Å²) >= 11 is 3.42. The number of aryl methyl sites for hydroxylation is 1. The maximum absolute atomic E-state index is 13.9. The van der Waals surface area contributed by atoms with Crippen LogP contribution in [-0.2, 0) is 0 Å². The molecule has 96 valence electrons. The maximum Gasteiger partial charge on any atom is 0.154 e. The van der Waals surface area contributed by atoms with E-state index in [1.807, 2.05) is 6.92 Å². The van der Waals surface area contributed by atoms with E-state index < -0.39 is 11.6 Å². The topological polar surface area (TPSA) is 30.7 Å². The molecule has 2 rings (SSSR count). The summed E-state index contributed by atoms with van der Waals surface area (Å²) in [6, 6.07) is 2.62. The number of aromatic nitrogens is 3. The van der Waals surface area contributed by atoms with Crippen molar-refractivity contribution in [3.8, 4) is 5.69 Å². The first-order valence-electron chi connectivity index (χ1n) is 5.55. The monoisotopic (exact) mass is 315 g/mol. The molecule has 6 heteroatoms. The van der Waals surface area contributed by atoms with E-state index in [-0.39, 0.29) is 10.5 Å². The molecule has 0 fully saturated rings. The first kappa shape index (κ1) is 13.1. The first-order valence-corrected chi connectivity index (χ1v) is 6.47. The van der Waals surface area contributed by atoms with Crippen LogP contribution in [0.5, 0.6) is 0 Å². The molecule has 18 heavy (non-hydrogen) atoms. The molecule has 0 saturated carbocycles. The molecule has 1 aromatic heterocycles. The summed E-state index contributed by atoms with van der Waals surface area (Å²) in [6.45, 7) is 3.56. The van der Waals surface area contributed by atoms with E-state index in [9.17, 15) is 8.78 Å². The largest absolute Gasteiger partial charge is 0.214 e. The van der Waals surface area contributed by atoms with Crippen molar-refractivity contribution in [1.82, 2.24) is 15.0 Å². The molecular formula is C12H12BrF2N3. The van der Waals surface area contributed by atoms with Gasteiger partial charge in [-0.2, -0.15) is 0 Å². The fraction of sp³-hybridized carbons (Fsp3) is 0.333. The highest BCUT2D eigenvalue weighted by atomic mass is 79.9. The number of hydrogen-bond donors (Lipinski definition) is 0. The number of benzene rings is 1. The molecule has 0 saturated heterocycles. The lowest BCUT2D eigenvalue weighted by Crippen LogP contribution is -2.04. The summed E-state index contributed by atoms with van der Waals surface area (Å²) in [4.78, 5) is 0.0298. The molecule has 1 aromatic carbocycles. The third kappa shape index (κ3) is 2.29. The van der Waals surface area contributed by atoms with Crippen LogP contribution in [0.15, 0.2) is 18.3 Å². The van der Waals surface area contributed by atoms with E-state index in [1.54, 1.807) is 6.92 Å². The molecule has 0 aliphatic heterocycles. The van der Waals surface area contributed by atoms with Gasteiger partial charge in [-0.05, 0) is 25.0 Å². The number of alkyl halides is 1. The molecule has 0 N–H and O–H groups in total. The van der Waals surface area contributed by atoms with Crippen LogP contribution in [0, 0.1) is 18.6 Å². The lowest BCUT2D eigenvalue weighted by molar-refractivity contribution is 0.551. The average Bonchev–Trinajstić information content (AvgIpc) is 2.83. The predicted octanol–water partition coefficient (Wildman–Crippen LogP) is 3.70. The lowest BCUT2D eigenvalue weighted by Gasteiger charge is -2.06. The van der Waals surface area contributed by atoms with Crippen molar-refractivity contribution in [3.63, 3.8) is 0 Å². The number of halogens is 3. The van der Waals surface area contributed by atoms with Crippen molar-refractivity contribution in [2.75, 3.05) is 0 Å². The van der Waals surface area contributed by atoms with E-state index in [0.29, 0.717) is 11.3 Å². The molecule has 0 aliphatic carbocycles. The highest BCUT2D eigenvalue weighted by molar-refractivity contribution is 9.09. The fourth-order valence-corrected chi connectivity index (χ4v) is 1.80. The molecule has 0 spiro atoms. The Hall–Kier alpha value is -1.30. The summed E-state index contributed by atoms with van der Waals surface area (Å²) in [5.41, 5.74) is 0.830. The molecule has 1 heterocycles. The average molecular weight is 316 g/mol. The molecule has 2 aromatic rings. The van der Waals surface area contributed by atoms with Crippen LogP contribution in [0.25, 0.3) is 5.69 Å². The zero-order chi connectivity index (χ0) is 13.3. The van der Waals surface area contributed by atoms with Gasteiger partial charge in [-0.3, -0.25) is 0 Å². The molecule has 1 unspecified atom stereocenters. The Morgan fingerprint density at radius 1 is 1.39 bits per heavy atom. The normalized spacial score (nSPS) is 12.7. The highest BCUT2D eigenvalue weighted by Gasteiger charge is 2.17. The fourth-order valence-electron chi connectivity index (χ4n) is 1.59. The van der Waals surface area contributed by atoms with Crippen LogP contribution in [-0.4, -0.2) is 15.0 Å². The molecule has 1 atom stereocenters. The van der Waals surface area contributed by atoms with Crippen LogP contribution in [0.2, 0.25) is 0 Å². The number of hydrogen-bond acceptors (Lipinski definition) is 2. The Balaban J connectivity index is 2.49. The maximum atomic E-state index is 13.9. The van der Waals surface area contributed by atoms with Gasteiger partial charge in [0.2, 0.25) is 0 Å². The van der Waals surface area contributed by atoms with Crippen molar-refractivity contribution in [1.29, 1.82) is 0 Å². The molecule has 0 bridgehead atoms. The first-order chi connectivity index (χ1) is 8.54. The van der Waals surface area contributed by atoms with E-state index in [4.69, 9.17) is 0 Å². The minimum Gasteiger partial charge on any atom is -0.214 e. The third-order valence-corrected chi connectivity index (χ3v) is 3.80. The minimum absolute atomic E-state index is 0.0298. The smallest absolute Gasteiger partial charge is 0.154 e. The van der Waals surface area contributed by atoms with Crippen molar-refractivity contribution < 1.29 is 8.78 Å². The predicted molar refractivity (Wildman–Crippen MR) is 68.0 cm³/mol. The van der Waals surface area contributed by atoms with Crippen LogP contribution < -0.4 is 0 Å². The third-order valence-electron chi connectivity index (χ3n) is 2.68. The Morgan fingerprint density at radius 2 is 2.11 bits per heavy atom. The van der Waals surface area contributed by atoms with Crippen LogP contribution in [0.1, 0.15) is 29.4 Å². The van der Waals surface area contributed by atoms with Gasteiger partial charge in [0.25, 0.3) is 0 Å². The van der Waals surface area contributed by atoms with E-state index in [1.165, 1.54) is 18.3 Å². The van der Waals surface area contributed by atoms with Crippen molar-refractivity contribution in [3.05, 3.63) is 41.2 Å². The zero-order valence-corrected chi connectivity index (χ0v) is 11.6. The molecular weight excluding hydrogens is 304 g/mol. The molecule has 0 amide bonds. The SMILES string of the molecule is CCC(Br)c1cn(-c2c(F)ccc(C)c2F)nn1. The van der Waals surface area contributed by atoms with Crippen molar-refractivity contribution >= 4 is 15.9 Å². The molecule has 0 aliphatic rings. The van der Waals surface area contributed by atoms with Crippen molar-refractivity contribution in [2.45, 2.75) is 25.1 Å². The minimum atomic E-state index is -0.655. The van der Waals surface area contributed by atoms with E-state index in [0.717, 1.165) is 11.1 Å². The van der Waals surface area contributed by atoms with Gasteiger partial charge in [0, 0.05) is 0 Å². The number of rotatable bonds is 3. The van der Waals surface area contributed by atoms with Crippen LogP contribution in [0.3, 0.4) is 0 Å². The second-order valence-electron chi connectivity index (χ2n) is 3.99. The second kappa shape index (κ2) is 5.14. The summed E-state index contributed by atoms with van der Waals surface area (Å²) < 4.78 is 28.7. The Bertz CT molecular complexity index is 568. The van der Waals surface area contributed by atoms with Gasteiger partial charge < -0.3 is 0 Å². The summed E-state index contributed by atoms with van der Waals surface area (Å²) in [6.07, 6.45) is 2.35. The summed E-state index contributed by atoms with van der Waals surface area (Å²) in [7, 11) is 0. The van der Waals surface area contributed by atoms with Gasteiger partial charge >= 0.3 is 0 Å². The van der Waals surface area contributed by atoms with Gasteiger partial charge in [-0.15, -0.1) is 5.10 Å². The second-order valence-corrected chi connectivity index (χ2v) is 5.10. The van der Waals surface area contributed by atoms with Gasteiger partial charge in [-0.25, -0.2) is 13.5 Å². The quantitative estimate of drug-likeness (QED) is 0.809. The van der Waals surface area contributed by atoms with E-state index in [2.05, 4.69) is 26.2 Å². The van der Waals surface area contributed by atoms with Crippen LogP contribution in [0.4, 0.5) is 8.78 Å². The molecule has 0 radical (unpaired) electrons. The highest BCUT2D eigenvalue weighted by Crippen LogP contribution is 2.25. The molecule has 3 nitrogen and oxygen atoms in total. The van der Waals surface area contributed by atoms with Gasteiger partial charge in [-0.1, -0.05) is 34.1 Å².